The predicted octanol–water partition coefficient (Wildman–Crippen LogP) is 3.64. The van der Waals surface area contributed by atoms with Gasteiger partial charge in [0.25, 0.3) is 0 Å². The molecule has 0 saturated carbocycles. The fourth-order valence-corrected chi connectivity index (χ4v) is 7.77. The molecule has 0 aliphatic heterocycles. The van der Waals surface area contributed by atoms with Gasteiger partial charge in [0.15, 0.2) is 0 Å². The number of hydrogen-bond acceptors (Lipinski definition) is 0. The van der Waals surface area contributed by atoms with Crippen molar-refractivity contribution >= 4 is 8.07 Å². The molecule has 0 aliphatic carbocycles. The van der Waals surface area contributed by atoms with Crippen LogP contribution in [0.25, 0.3) is 0 Å². The summed E-state index contributed by atoms with van der Waals surface area (Å²) in [6.07, 6.45) is 15.8. The number of hydrogen-bond donors (Lipinski definition) is 0. The molecule has 0 fully saturated rings. The van der Waals surface area contributed by atoms with E-state index in [0.717, 1.165) is 5.67 Å². The van der Waals surface area contributed by atoms with Crippen LogP contribution in [0, 0.1) is 0 Å². The molecule has 0 aromatic heterocycles. The van der Waals surface area contributed by atoms with E-state index >= 15 is 0 Å². The number of halogens is 1. The first-order valence-electron chi connectivity index (χ1n) is 10.1. The normalized spacial score (nSPS) is 13.7. The summed E-state index contributed by atoms with van der Waals surface area (Å²) in [5.41, 5.74) is 0.908. The van der Waals surface area contributed by atoms with Crippen molar-refractivity contribution in [2.75, 3.05) is 20.6 Å². The van der Waals surface area contributed by atoms with E-state index in [1.54, 1.807) is 0 Å². The largest absolute Gasteiger partial charge is 1.00 e. The second kappa shape index (κ2) is 13.7. The Kier molecular flexibility index (Phi) is 15.3. The molecular formula is C20H46ClNSi. The lowest BCUT2D eigenvalue weighted by atomic mass is 10.1. The molecule has 0 saturated heterocycles. The van der Waals surface area contributed by atoms with Gasteiger partial charge in [0.1, 0.15) is 8.07 Å². The Bertz CT molecular complexity index is 261. The highest BCUT2D eigenvalue weighted by atomic mass is 35.5. The van der Waals surface area contributed by atoms with Crippen molar-refractivity contribution in [2.45, 2.75) is 110 Å². The van der Waals surface area contributed by atoms with Crippen molar-refractivity contribution in [3.8, 4) is 0 Å². The predicted molar refractivity (Wildman–Crippen MR) is 106 cm³/mol. The van der Waals surface area contributed by atoms with Crippen LogP contribution in [0.3, 0.4) is 0 Å². The fraction of sp³-hybridized carbons (Fsp3) is 1.00. The summed E-state index contributed by atoms with van der Waals surface area (Å²) in [6.45, 7) is 13.7. The lowest BCUT2D eigenvalue weighted by molar-refractivity contribution is -0.904. The fourth-order valence-electron chi connectivity index (χ4n) is 4.32. The SMILES string of the molecule is CCCCCCCCCCCC[N+](C)(C)C(CC)[Si](C)(C)C.[Cl-]. The average molecular weight is 364 g/mol. The smallest absolute Gasteiger partial charge is 0.114 e. The van der Waals surface area contributed by atoms with E-state index in [-0.39, 0.29) is 12.4 Å². The van der Waals surface area contributed by atoms with Gasteiger partial charge in [0.2, 0.25) is 0 Å². The summed E-state index contributed by atoms with van der Waals surface area (Å²) in [5.74, 6) is 0. The van der Waals surface area contributed by atoms with E-state index in [0.29, 0.717) is 0 Å². The monoisotopic (exact) mass is 363 g/mol. The van der Waals surface area contributed by atoms with Crippen LogP contribution >= 0.6 is 0 Å². The third-order valence-electron chi connectivity index (χ3n) is 5.32. The number of nitrogens with zero attached hydrogens (tertiary/aromatic N) is 1. The lowest BCUT2D eigenvalue weighted by Crippen LogP contribution is -3.00. The Labute approximate surface area is 155 Å². The third-order valence-corrected chi connectivity index (χ3v) is 8.42. The van der Waals surface area contributed by atoms with Crippen LogP contribution < -0.4 is 12.4 Å². The topological polar surface area (TPSA) is 0 Å². The minimum absolute atomic E-state index is 0. The van der Waals surface area contributed by atoms with Gasteiger partial charge < -0.3 is 16.9 Å². The Morgan fingerprint density at radius 1 is 0.696 bits per heavy atom. The van der Waals surface area contributed by atoms with Gasteiger partial charge in [-0.25, -0.2) is 0 Å². The highest BCUT2D eigenvalue weighted by Crippen LogP contribution is 2.23. The first-order chi connectivity index (χ1) is 10.3. The molecule has 0 heterocycles. The van der Waals surface area contributed by atoms with Crippen LogP contribution in [0.5, 0.6) is 0 Å². The van der Waals surface area contributed by atoms with Crippen LogP contribution in [-0.4, -0.2) is 38.9 Å². The molecule has 1 unspecified atom stereocenters. The zero-order valence-corrected chi connectivity index (χ0v) is 19.1. The minimum Gasteiger partial charge on any atom is -1.00 e. The van der Waals surface area contributed by atoms with Crippen LogP contribution in [0.1, 0.15) is 84.5 Å². The van der Waals surface area contributed by atoms with Crippen LogP contribution in [0.4, 0.5) is 0 Å². The minimum atomic E-state index is -1.05. The van der Waals surface area contributed by atoms with Gasteiger partial charge in [-0.3, -0.25) is 0 Å². The second-order valence-corrected chi connectivity index (χ2v) is 14.4. The second-order valence-electron chi connectivity index (χ2n) is 8.97. The van der Waals surface area contributed by atoms with E-state index in [1.165, 1.54) is 81.7 Å². The van der Waals surface area contributed by atoms with Crippen LogP contribution in [0.15, 0.2) is 0 Å². The maximum atomic E-state index is 2.54. The summed E-state index contributed by atoms with van der Waals surface area (Å²) in [4.78, 5) is 0. The third kappa shape index (κ3) is 12.5. The van der Waals surface area contributed by atoms with Gasteiger partial charge in [-0.1, -0.05) is 84.9 Å². The Balaban J connectivity index is 0. The van der Waals surface area contributed by atoms with Gasteiger partial charge >= 0.3 is 0 Å². The lowest BCUT2D eigenvalue weighted by Gasteiger charge is -2.44. The van der Waals surface area contributed by atoms with E-state index in [2.05, 4.69) is 47.6 Å². The molecular weight excluding hydrogens is 318 g/mol. The molecule has 0 aromatic carbocycles. The van der Waals surface area contributed by atoms with Crippen molar-refractivity contribution in [3.63, 3.8) is 0 Å². The van der Waals surface area contributed by atoms with Crippen molar-refractivity contribution < 1.29 is 16.9 Å². The van der Waals surface area contributed by atoms with Crippen LogP contribution in [0.2, 0.25) is 19.6 Å². The molecule has 1 nitrogen and oxygen atoms in total. The Morgan fingerprint density at radius 2 is 1.09 bits per heavy atom. The molecule has 0 amide bonds. The molecule has 3 heteroatoms. The average Bonchev–Trinajstić information content (AvgIpc) is 2.39. The molecule has 142 valence electrons. The quantitative estimate of drug-likeness (QED) is 0.251. The van der Waals surface area contributed by atoms with E-state index in [4.69, 9.17) is 0 Å². The van der Waals surface area contributed by atoms with Crippen molar-refractivity contribution in [3.05, 3.63) is 0 Å². The molecule has 0 aliphatic rings. The van der Waals surface area contributed by atoms with Gasteiger partial charge in [-0.05, 0) is 19.3 Å². The maximum Gasteiger partial charge on any atom is 0.114 e. The van der Waals surface area contributed by atoms with Crippen LogP contribution in [-0.2, 0) is 0 Å². The van der Waals surface area contributed by atoms with E-state index in [9.17, 15) is 0 Å². The summed E-state index contributed by atoms with van der Waals surface area (Å²) >= 11 is 0. The molecule has 1 atom stereocenters. The number of quaternary nitrogens is 1. The van der Waals surface area contributed by atoms with Gasteiger partial charge in [-0.15, -0.1) is 0 Å². The molecule has 0 bridgehead atoms. The van der Waals surface area contributed by atoms with Gasteiger partial charge in [0.05, 0.1) is 26.3 Å². The molecule has 0 radical (unpaired) electrons. The first kappa shape index (κ1) is 25.7. The molecule has 23 heavy (non-hydrogen) atoms. The molecule has 0 aromatic rings. The Hall–Kier alpha value is 0.467. The first-order valence-corrected chi connectivity index (χ1v) is 13.7. The zero-order chi connectivity index (χ0) is 17.1. The van der Waals surface area contributed by atoms with E-state index < -0.39 is 8.07 Å². The zero-order valence-electron chi connectivity index (χ0n) is 17.4. The van der Waals surface area contributed by atoms with Crippen molar-refractivity contribution in [2.24, 2.45) is 0 Å². The molecule has 0 rings (SSSR count). The van der Waals surface area contributed by atoms with Gasteiger partial charge in [-0.2, -0.15) is 0 Å². The molecule has 0 N–H and O–H groups in total. The van der Waals surface area contributed by atoms with Crippen molar-refractivity contribution in [1.82, 2.24) is 0 Å². The summed E-state index contributed by atoms with van der Waals surface area (Å²) in [7, 11) is 3.90. The highest BCUT2D eigenvalue weighted by Gasteiger charge is 2.37. The summed E-state index contributed by atoms with van der Waals surface area (Å²) < 4.78 is 1.25. The molecule has 0 spiro atoms. The van der Waals surface area contributed by atoms with E-state index in [1.807, 2.05) is 0 Å². The standard InChI is InChI=1S/C20H46NSi.ClH/c1-8-10-11-12-13-14-15-16-17-18-19-21(3,4)20(9-2)22(5,6)7;/h20H,8-19H2,1-7H3;1H/q+1;/p-1. The maximum absolute atomic E-state index is 2.54. The Morgan fingerprint density at radius 3 is 1.43 bits per heavy atom. The summed E-state index contributed by atoms with van der Waals surface area (Å²) in [6, 6.07) is 0. The number of unbranched alkanes of at least 4 members (excludes halogenated alkanes) is 9. The number of rotatable bonds is 14. The van der Waals surface area contributed by atoms with Gasteiger partial charge in [0, 0.05) is 0 Å². The summed E-state index contributed by atoms with van der Waals surface area (Å²) in [5, 5.41) is 0. The van der Waals surface area contributed by atoms with Crippen molar-refractivity contribution in [1.29, 1.82) is 0 Å². The highest BCUT2D eigenvalue weighted by molar-refractivity contribution is 6.77.